The van der Waals surface area contributed by atoms with Gasteiger partial charge in [0.05, 0.1) is 5.69 Å². The molecule has 2 heteroatoms. The molecule has 1 aromatic carbocycles. The van der Waals surface area contributed by atoms with Gasteiger partial charge in [0.25, 0.3) is 0 Å². The summed E-state index contributed by atoms with van der Waals surface area (Å²) >= 11 is 6.01. The summed E-state index contributed by atoms with van der Waals surface area (Å²) in [5.74, 6) is 0. The van der Waals surface area contributed by atoms with Crippen LogP contribution in [0.15, 0.2) is 24.3 Å². The average molecular weight is 184 g/mol. The fourth-order valence-corrected chi connectivity index (χ4v) is 1.38. The van der Waals surface area contributed by atoms with Gasteiger partial charge >= 0.3 is 0 Å². The molecule has 1 nitrogen and oxygen atoms in total. The zero-order valence-corrected chi connectivity index (χ0v) is 8.30. The van der Waals surface area contributed by atoms with Crippen molar-refractivity contribution in [3.8, 4) is 0 Å². The van der Waals surface area contributed by atoms with E-state index in [1.54, 1.807) is 4.42 Å². The summed E-state index contributed by atoms with van der Waals surface area (Å²) in [4.78, 5) is 0. The number of benzene rings is 1. The van der Waals surface area contributed by atoms with Gasteiger partial charge in [-0.05, 0) is 25.0 Å². The topological polar surface area (TPSA) is 3.24 Å². The Morgan fingerprint density at radius 1 is 1.25 bits per heavy atom. The van der Waals surface area contributed by atoms with Crippen LogP contribution < -0.4 is 4.42 Å². The first-order chi connectivity index (χ1) is 5.79. The average Bonchev–Trinajstić information content (AvgIpc) is 2.16. The highest BCUT2D eigenvalue weighted by atomic mass is 35.5. The largest absolute Gasteiger partial charge is 0.285 e. The Balaban J connectivity index is 2.96. The fourth-order valence-electron chi connectivity index (χ4n) is 1.22. The van der Waals surface area contributed by atoms with Gasteiger partial charge in [0, 0.05) is 18.3 Å². The highest BCUT2D eigenvalue weighted by Gasteiger charge is 2.03. The van der Waals surface area contributed by atoms with Crippen molar-refractivity contribution in [3.63, 3.8) is 0 Å². The van der Waals surface area contributed by atoms with E-state index in [0.29, 0.717) is 0 Å². The molecule has 12 heavy (non-hydrogen) atoms. The van der Waals surface area contributed by atoms with E-state index >= 15 is 0 Å². The van der Waals surface area contributed by atoms with Gasteiger partial charge in [0.15, 0.2) is 0 Å². The predicted molar refractivity (Wildman–Crippen MR) is 54.7 cm³/mol. The number of anilines is 1. The van der Waals surface area contributed by atoms with E-state index in [9.17, 15) is 0 Å². The van der Waals surface area contributed by atoms with Gasteiger partial charge in [-0.25, -0.2) is 0 Å². The molecule has 0 unspecified atom stereocenters. The van der Waals surface area contributed by atoms with E-state index in [2.05, 4.69) is 19.1 Å². The van der Waals surface area contributed by atoms with Crippen molar-refractivity contribution in [1.29, 1.82) is 0 Å². The van der Waals surface area contributed by atoms with E-state index in [1.807, 2.05) is 19.1 Å². The minimum absolute atomic E-state index is 0.832. The number of hydrogen-bond donors (Lipinski definition) is 0. The minimum atomic E-state index is 0.832. The second-order valence-corrected chi connectivity index (χ2v) is 3.07. The first kappa shape index (κ1) is 9.40. The van der Waals surface area contributed by atoms with Gasteiger partial charge in [0.2, 0.25) is 0 Å². The third kappa shape index (κ3) is 1.92. The number of rotatable bonds is 3. The Morgan fingerprint density at radius 3 is 2.50 bits per heavy atom. The lowest BCUT2D eigenvalue weighted by Gasteiger charge is -2.16. The Morgan fingerprint density at radius 2 is 1.92 bits per heavy atom. The van der Waals surface area contributed by atoms with Crippen molar-refractivity contribution < 1.29 is 0 Å². The molecular weight excluding hydrogens is 170 g/mol. The van der Waals surface area contributed by atoms with Crippen molar-refractivity contribution in [2.45, 2.75) is 20.3 Å². The predicted octanol–water partition coefficient (Wildman–Crippen LogP) is 3.23. The van der Waals surface area contributed by atoms with Crippen molar-refractivity contribution in [2.24, 2.45) is 0 Å². The lowest BCUT2D eigenvalue weighted by atomic mass is 10.1. The van der Waals surface area contributed by atoms with Gasteiger partial charge in [-0.1, -0.05) is 25.1 Å². The highest BCUT2D eigenvalue weighted by molar-refractivity contribution is 6.25. The zero-order valence-electron chi connectivity index (χ0n) is 7.55. The smallest absolute Gasteiger partial charge is 0.0554 e. The van der Waals surface area contributed by atoms with Gasteiger partial charge < -0.3 is 0 Å². The van der Waals surface area contributed by atoms with Crippen LogP contribution in [-0.4, -0.2) is 6.54 Å². The van der Waals surface area contributed by atoms with Gasteiger partial charge in [-0.3, -0.25) is 4.42 Å². The van der Waals surface area contributed by atoms with E-state index < -0.39 is 0 Å². The van der Waals surface area contributed by atoms with Crippen molar-refractivity contribution >= 4 is 17.5 Å². The molecule has 0 saturated carbocycles. The Labute approximate surface area is 79.1 Å². The molecule has 0 spiro atoms. The van der Waals surface area contributed by atoms with Gasteiger partial charge in [-0.2, -0.15) is 0 Å². The molecule has 1 rings (SSSR count). The van der Waals surface area contributed by atoms with Crippen molar-refractivity contribution in [2.75, 3.05) is 11.0 Å². The molecule has 0 radical (unpaired) electrons. The van der Waals surface area contributed by atoms with Crippen LogP contribution in [-0.2, 0) is 6.42 Å². The van der Waals surface area contributed by atoms with Crippen molar-refractivity contribution in [3.05, 3.63) is 29.8 Å². The number of nitrogens with zero attached hydrogens (tertiary/aromatic N) is 1. The molecule has 0 heterocycles. The van der Waals surface area contributed by atoms with Crippen LogP contribution in [0.1, 0.15) is 19.4 Å². The quantitative estimate of drug-likeness (QED) is 0.651. The number of hydrogen-bond acceptors (Lipinski definition) is 1. The van der Waals surface area contributed by atoms with Crippen LogP contribution in [0.25, 0.3) is 0 Å². The molecule has 0 aliphatic carbocycles. The summed E-state index contributed by atoms with van der Waals surface area (Å²) in [6.45, 7) is 5.01. The van der Waals surface area contributed by atoms with E-state index in [0.717, 1.165) is 18.7 Å². The lowest BCUT2D eigenvalue weighted by Crippen LogP contribution is -2.10. The molecule has 0 aliphatic rings. The van der Waals surface area contributed by atoms with Gasteiger partial charge in [0.1, 0.15) is 0 Å². The monoisotopic (exact) mass is 183 g/mol. The number of para-hydroxylation sites is 1. The second kappa shape index (κ2) is 4.36. The fraction of sp³-hybridized carbons (Fsp3) is 0.400. The van der Waals surface area contributed by atoms with E-state index in [4.69, 9.17) is 11.8 Å². The Kier molecular flexibility index (Phi) is 3.42. The molecule has 0 aromatic heterocycles. The maximum absolute atomic E-state index is 6.01. The van der Waals surface area contributed by atoms with Crippen LogP contribution in [0.2, 0.25) is 0 Å². The summed E-state index contributed by atoms with van der Waals surface area (Å²) in [7, 11) is 0. The van der Waals surface area contributed by atoms with E-state index in [1.165, 1.54) is 5.56 Å². The lowest BCUT2D eigenvalue weighted by molar-refractivity contribution is 1.05. The highest BCUT2D eigenvalue weighted by Crippen LogP contribution is 2.21. The first-order valence-corrected chi connectivity index (χ1v) is 4.64. The minimum Gasteiger partial charge on any atom is -0.285 e. The SMILES string of the molecule is CCc1ccccc1N(Cl)CC. The third-order valence-corrected chi connectivity index (χ3v) is 2.33. The van der Waals surface area contributed by atoms with Crippen LogP contribution in [0.3, 0.4) is 0 Å². The molecular formula is C10H14ClN. The molecule has 0 saturated heterocycles. The van der Waals surface area contributed by atoms with Crippen LogP contribution in [0.4, 0.5) is 5.69 Å². The molecule has 0 bridgehead atoms. The molecule has 0 fully saturated rings. The normalized spacial score (nSPS) is 9.92. The molecule has 1 aromatic rings. The summed E-state index contributed by atoms with van der Waals surface area (Å²) < 4.78 is 1.75. The van der Waals surface area contributed by atoms with Gasteiger partial charge in [-0.15, -0.1) is 0 Å². The zero-order chi connectivity index (χ0) is 8.97. The number of aryl methyl sites for hydroxylation is 1. The third-order valence-electron chi connectivity index (χ3n) is 1.91. The Hall–Kier alpha value is -0.690. The summed E-state index contributed by atoms with van der Waals surface area (Å²) in [6, 6.07) is 8.22. The molecule has 0 N–H and O–H groups in total. The maximum atomic E-state index is 6.01. The summed E-state index contributed by atoms with van der Waals surface area (Å²) in [5.41, 5.74) is 2.43. The summed E-state index contributed by atoms with van der Waals surface area (Å²) in [6.07, 6.45) is 1.03. The van der Waals surface area contributed by atoms with E-state index in [-0.39, 0.29) is 0 Å². The molecule has 0 atom stereocenters. The second-order valence-electron chi connectivity index (χ2n) is 2.66. The van der Waals surface area contributed by atoms with Crippen LogP contribution in [0, 0.1) is 0 Å². The first-order valence-electron chi connectivity index (χ1n) is 4.30. The standard InChI is InChI=1S/C10H14ClN/c1-3-9-7-5-6-8-10(9)12(11)4-2/h5-8H,3-4H2,1-2H3. The summed E-state index contributed by atoms with van der Waals surface area (Å²) in [5, 5.41) is 0. The maximum Gasteiger partial charge on any atom is 0.0554 e. The Bertz CT molecular complexity index is 247. The molecule has 0 aliphatic heterocycles. The number of halogens is 1. The van der Waals surface area contributed by atoms with Crippen LogP contribution >= 0.6 is 11.8 Å². The molecule has 0 amide bonds. The van der Waals surface area contributed by atoms with Crippen LogP contribution in [0.5, 0.6) is 0 Å². The molecule has 66 valence electrons. The van der Waals surface area contributed by atoms with Crippen molar-refractivity contribution in [1.82, 2.24) is 0 Å².